The zero-order valence-electron chi connectivity index (χ0n) is 17.6. The van der Waals surface area contributed by atoms with Crippen LogP contribution in [0.15, 0.2) is 42.5 Å². The second kappa shape index (κ2) is 9.28. The van der Waals surface area contributed by atoms with Gasteiger partial charge in [-0.1, -0.05) is 30.4 Å². The smallest absolute Gasteiger partial charge is 0.257 e. The number of carbonyl (C=O) groups excluding carboxylic acids is 1. The lowest BCUT2D eigenvalue weighted by atomic mass is 10.2. The van der Waals surface area contributed by atoms with Crippen LogP contribution in [0.25, 0.3) is 15.5 Å². The predicted molar refractivity (Wildman–Crippen MR) is 127 cm³/mol. The molecule has 2 aromatic heterocycles. The van der Waals surface area contributed by atoms with E-state index in [-0.39, 0.29) is 11.0 Å². The number of nitrogens with zero attached hydrogens (tertiary/aromatic N) is 4. The van der Waals surface area contributed by atoms with Crippen molar-refractivity contribution in [3.63, 3.8) is 0 Å². The second-order valence-corrected chi connectivity index (χ2v) is 7.99. The number of fused-ring (bicyclic) bond motifs is 1. The van der Waals surface area contributed by atoms with Crippen molar-refractivity contribution in [1.82, 2.24) is 25.1 Å². The van der Waals surface area contributed by atoms with Gasteiger partial charge in [-0.15, -0.1) is 10.2 Å². The quantitative estimate of drug-likeness (QED) is 0.414. The van der Waals surface area contributed by atoms with Crippen molar-refractivity contribution >= 4 is 45.2 Å². The third-order valence-corrected chi connectivity index (χ3v) is 5.76. The normalized spacial score (nSPS) is 10.7. The zero-order valence-corrected chi connectivity index (χ0v) is 19.2. The molecule has 0 spiro atoms. The Hall–Kier alpha value is -3.57. The number of ether oxygens (including phenoxy) is 2. The molecule has 0 aliphatic rings. The van der Waals surface area contributed by atoms with Crippen molar-refractivity contribution in [2.45, 2.75) is 13.3 Å². The predicted octanol–water partition coefficient (Wildman–Crippen LogP) is 3.56. The summed E-state index contributed by atoms with van der Waals surface area (Å²) in [5.41, 5.74) is 2.02. The van der Waals surface area contributed by atoms with E-state index in [0.29, 0.717) is 17.1 Å². The van der Waals surface area contributed by atoms with E-state index in [1.807, 2.05) is 31.2 Å². The van der Waals surface area contributed by atoms with E-state index in [2.05, 4.69) is 25.9 Å². The third-order valence-electron chi connectivity index (χ3n) is 4.61. The number of amides is 1. The number of hydrogen-bond acceptors (Lipinski definition) is 8. The fourth-order valence-electron chi connectivity index (χ4n) is 3.04. The molecule has 2 aromatic carbocycles. The lowest BCUT2D eigenvalue weighted by Gasteiger charge is -2.12. The van der Waals surface area contributed by atoms with Crippen LogP contribution in [0, 0.1) is 0 Å². The minimum atomic E-state index is -0.361. The van der Waals surface area contributed by atoms with E-state index in [4.69, 9.17) is 21.7 Å². The minimum Gasteiger partial charge on any atom is -0.493 e. The van der Waals surface area contributed by atoms with Gasteiger partial charge in [0.2, 0.25) is 4.96 Å². The summed E-state index contributed by atoms with van der Waals surface area (Å²) in [6, 6.07) is 12.5. The summed E-state index contributed by atoms with van der Waals surface area (Å²) < 4.78 is 12.2. The molecular weight excluding hydrogens is 448 g/mol. The highest BCUT2D eigenvalue weighted by Gasteiger charge is 2.14. The largest absolute Gasteiger partial charge is 0.493 e. The Morgan fingerprint density at radius 1 is 1.12 bits per heavy atom. The van der Waals surface area contributed by atoms with E-state index >= 15 is 0 Å². The van der Waals surface area contributed by atoms with Gasteiger partial charge in [-0.2, -0.15) is 9.61 Å². The summed E-state index contributed by atoms with van der Waals surface area (Å²) in [6.45, 7) is 2.01. The van der Waals surface area contributed by atoms with Gasteiger partial charge in [0.15, 0.2) is 22.4 Å². The number of aromatic nitrogens is 4. The fraction of sp³-hybridized carbons (Fsp3) is 0.190. The Bertz CT molecular complexity index is 1300. The highest BCUT2D eigenvalue weighted by atomic mass is 32.1. The highest BCUT2D eigenvalue weighted by molar-refractivity contribution is 7.80. The Kier molecular flexibility index (Phi) is 6.28. The molecule has 0 atom stereocenters. The second-order valence-electron chi connectivity index (χ2n) is 6.63. The lowest BCUT2D eigenvalue weighted by molar-refractivity contribution is 0.0977. The summed E-state index contributed by atoms with van der Waals surface area (Å²) in [5, 5.41) is 19.6. The van der Waals surface area contributed by atoms with Crippen LogP contribution in [0.5, 0.6) is 11.5 Å². The van der Waals surface area contributed by atoms with E-state index < -0.39 is 0 Å². The maximum Gasteiger partial charge on any atom is 0.257 e. The van der Waals surface area contributed by atoms with Crippen molar-refractivity contribution in [3.05, 3.63) is 53.9 Å². The van der Waals surface area contributed by atoms with Crippen LogP contribution in [0.3, 0.4) is 0 Å². The molecule has 11 heteroatoms. The van der Waals surface area contributed by atoms with Crippen LogP contribution >= 0.6 is 23.6 Å². The average molecular weight is 469 g/mol. The van der Waals surface area contributed by atoms with Crippen LogP contribution in [0.1, 0.15) is 23.1 Å². The van der Waals surface area contributed by atoms with E-state index in [9.17, 15) is 4.79 Å². The van der Waals surface area contributed by atoms with Crippen LogP contribution in [-0.2, 0) is 6.42 Å². The molecule has 0 bridgehead atoms. The molecule has 0 saturated carbocycles. The van der Waals surface area contributed by atoms with Crippen LogP contribution in [-0.4, -0.2) is 45.1 Å². The molecule has 4 rings (SSSR count). The van der Waals surface area contributed by atoms with Gasteiger partial charge in [0.1, 0.15) is 5.01 Å². The number of benzene rings is 2. The van der Waals surface area contributed by atoms with Gasteiger partial charge in [-0.3, -0.25) is 10.1 Å². The summed E-state index contributed by atoms with van der Waals surface area (Å²) in [6.07, 6.45) is 0.750. The van der Waals surface area contributed by atoms with E-state index in [0.717, 1.165) is 33.5 Å². The topological polar surface area (TPSA) is 103 Å². The number of hydrogen-bond donors (Lipinski definition) is 2. The van der Waals surface area contributed by atoms with Crippen molar-refractivity contribution in [2.24, 2.45) is 0 Å². The number of nitrogens with one attached hydrogen (secondary N) is 2. The van der Waals surface area contributed by atoms with Gasteiger partial charge in [-0.05, 0) is 42.5 Å². The SMILES string of the molecule is CCc1nnc2sc(-c3cccc(NC(=S)NC(=O)c4ccc(OC)c(OC)c4)c3)nn12. The average Bonchev–Trinajstić information content (AvgIpc) is 3.39. The summed E-state index contributed by atoms with van der Waals surface area (Å²) >= 11 is 6.77. The molecule has 0 aliphatic heterocycles. The molecule has 4 aromatic rings. The summed E-state index contributed by atoms with van der Waals surface area (Å²) in [5.74, 6) is 1.46. The monoisotopic (exact) mass is 468 g/mol. The molecular formula is C21H20N6O3S2. The first-order valence-corrected chi connectivity index (χ1v) is 10.9. The zero-order chi connectivity index (χ0) is 22.7. The third kappa shape index (κ3) is 4.39. The van der Waals surface area contributed by atoms with Crippen molar-refractivity contribution in [2.75, 3.05) is 19.5 Å². The van der Waals surface area contributed by atoms with Gasteiger partial charge < -0.3 is 14.8 Å². The number of methoxy groups -OCH3 is 2. The maximum atomic E-state index is 12.6. The van der Waals surface area contributed by atoms with Gasteiger partial charge in [0, 0.05) is 23.2 Å². The number of thiocarbonyl (C=S) groups is 1. The van der Waals surface area contributed by atoms with Crippen LogP contribution < -0.4 is 20.1 Å². The Labute approximate surface area is 193 Å². The number of anilines is 1. The standard InChI is InChI=1S/C21H20N6O3S2/c1-4-17-24-25-21-27(17)26-19(32-21)13-6-5-7-14(10-13)22-20(31)23-18(28)12-8-9-15(29-2)16(11-12)30-3/h5-11H,4H2,1-3H3,(H2,22,23,28,31). The van der Waals surface area contributed by atoms with Crippen molar-refractivity contribution in [1.29, 1.82) is 0 Å². The van der Waals surface area contributed by atoms with Gasteiger partial charge in [0.25, 0.3) is 5.91 Å². The molecule has 32 heavy (non-hydrogen) atoms. The molecule has 2 N–H and O–H groups in total. The van der Waals surface area contributed by atoms with Crippen molar-refractivity contribution in [3.8, 4) is 22.1 Å². The van der Waals surface area contributed by atoms with E-state index in [1.54, 1.807) is 22.7 Å². The van der Waals surface area contributed by atoms with Crippen LogP contribution in [0.4, 0.5) is 5.69 Å². The number of carbonyl (C=O) groups is 1. The Morgan fingerprint density at radius 2 is 1.94 bits per heavy atom. The van der Waals surface area contributed by atoms with Gasteiger partial charge >= 0.3 is 0 Å². The maximum absolute atomic E-state index is 12.6. The molecule has 0 aliphatic carbocycles. The van der Waals surface area contributed by atoms with Crippen molar-refractivity contribution < 1.29 is 14.3 Å². The Balaban J connectivity index is 1.46. The minimum absolute atomic E-state index is 0.174. The lowest BCUT2D eigenvalue weighted by Crippen LogP contribution is -2.34. The fourth-order valence-corrected chi connectivity index (χ4v) is 4.10. The van der Waals surface area contributed by atoms with E-state index in [1.165, 1.54) is 25.6 Å². The number of rotatable bonds is 6. The molecule has 2 heterocycles. The Morgan fingerprint density at radius 3 is 2.69 bits per heavy atom. The van der Waals surface area contributed by atoms with Gasteiger partial charge in [0.05, 0.1) is 14.2 Å². The van der Waals surface area contributed by atoms with Crippen LogP contribution in [0.2, 0.25) is 0 Å². The highest BCUT2D eigenvalue weighted by Crippen LogP contribution is 2.28. The molecule has 0 saturated heterocycles. The molecule has 9 nitrogen and oxygen atoms in total. The summed E-state index contributed by atoms with van der Waals surface area (Å²) in [7, 11) is 3.05. The molecule has 0 radical (unpaired) electrons. The molecule has 0 fully saturated rings. The molecule has 164 valence electrons. The molecule has 0 unspecified atom stereocenters. The first kappa shape index (κ1) is 21.7. The molecule has 1 amide bonds. The first-order chi connectivity index (χ1) is 15.5. The first-order valence-electron chi connectivity index (χ1n) is 9.68. The van der Waals surface area contributed by atoms with Gasteiger partial charge in [-0.25, -0.2) is 0 Å². The number of aryl methyl sites for hydroxylation is 1. The summed E-state index contributed by atoms with van der Waals surface area (Å²) in [4.78, 5) is 13.3.